The maximum absolute atomic E-state index is 11.3. The zero-order valence-corrected chi connectivity index (χ0v) is 9.89. The number of hydrogen-bond acceptors (Lipinski definition) is 5. The fraction of sp³-hybridized carbons (Fsp3) is 0.250. The number of nitrogens with zero attached hydrogens (tertiary/aromatic N) is 1. The van der Waals surface area contributed by atoms with Crippen LogP contribution in [-0.4, -0.2) is 24.8 Å². The molecule has 0 spiro atoms. The Kier molecular flexibility index (Phi) is 4.39. The minimum Gasteiger partial charge on any atom is -0.465 e. The van der Waals surface area contributed by atoms with Gasteiger partial charge in [0, 0.05) is 6.92 Å². The molecule has 0 saturated carbocycles. The van der Waals surface area contributed by atoms with E-state index in [1.165, 1.54) is 14.0 Å². The third-order valence-corrected chi connectivity index (χ3v) is 2.01. The van der Waals surface area contributed by atoms with Crippen molar-refractivity contribution in [3.63, 3.8) is 0 Å². The van der Waals surface area contributed by atoms with Crippen LogP contribution in [0.3, 0.4) is 0 Å². The Hall–Kier alpha value is -2.17. The topological polar surface area (TPSA) is 65.0 Å². The van der Waals surface area contributed by atoms with Gasteiger partial charge in [0.15, 0.2) is 0 Å². The van der Waals surface area contributed by atoms with E-state index in [1.807, 2.05) is 0 Å². The highest BCUT2D eigenvalue weighted by Crippen LogP contribution is 2.08. The van der Waals surface area contributed by atoms with Crippen molar-refractivity contribution in [1.29, 1.82) is 0 Å². The number of carbonyl (C=O) groups is 2. The molecule has 0 amide bonds. The van der Waals surface area contributed by atoms with Crippen molar-refractivity contribution in [2.24, 2.45) is 5.16 Å². The van der Waals surface area contributed by atoms with Gasteiger partial charge in [0.25, 0.3) is 0 Å². The van der Waals surface area contributed by atoms with E-state index in [4.69, 9.17) is 0 Å². The van der Waals surface area contributed by atoms with Crippen molar-refractivity contribution in [2.45, 2.75) is 13.8 Å². The summed E-state index contributed by atoms with van der Waals surface area (Å²) >= 11 is 0. The summed E-state index contributed by atoms with van der Waals surface area (Å²) in [4.78, 5) is 26.4. The van der Waals surface area contributed by atoms with Gasteiger partial charge in [-0.25, -0.2) is 9.59 Å². The van der Waals surface area contributed by atoms with Gasteiger partial charge >= 0.3 is 11.9 Å². The highest BCUT2D eigenvalue weighted by atomic mass is 16.7. The summed E-state index contributed by atoms with van der Waals surface area (Å²) in [5, 5.41) is 3.64. The van der Waals surface area contributed by atoms with Crippen LogP contribution in [0.15, 0.2) is 29.4 Å². The molecule has 0 aliphatic heterocycles. The second kappa shape index (κ2) is 5.79. The second-order valence-corrected chi connectivity index (χ2v) is 3.33. The molecule has 0 N–H and O–H groups in total. The first-order valence-electron chi connectivity index (χ1n) is 4.95. The Morgan fingerprint density at radius 1 is 1.18 bits per heavy atom. The van der Waals surface area contributed by atoms with Crippen LogP contribution < -0.4 is 0 Å². The molecule has 5 heteroatoms. The van der Waals surface area contributed by atoms with Gasteiger partial charge in [0.2, 0.25) is 0 Å². The second-order valence-electron chi connectivity index (χ2n) is 3.33. The summed E-state index contributed by atoms with van der Waals surface area (Å²) in [6.07, 6.45) is 0. The van der Waals surface area contributed by atoms with Gasteiger partial charge in [0.1, 0.15) is 0 Å². The first kappa shape index (κ1) is 12.9. The summed E-state index contributed by atoms with van der Waals surface area (Å²) < 4.78 is 4.61. The highest BCUT2D eigenvalue weighted by Gasteiger charge is 2.07. The Labute approximate surface area is 99.0 Å². The van der Waals surface area contributed by atoms with Gasteiger partial charge in [-0.2, -0.15) is 0 Å². The maximum atomic E-state index is 11.3. The van der Waals surface area contributed by atoms with E-state index >= 15 is 0 Å². The summed E-state index contributed by atoms with van der Waals surface area (Å²) in [6, 6.07) is 6.71. The molecule has 0 radical (unpaired) electrons. The zero-order valence-electron chi connectivity index (χ0n) is 9.89. The zero-order chi connectivity index (χ0) is 12.8. The average Bonchev–Trinajstić information content (AvgIpc) is 2.35. The molecule has 0 aliphatic carbocycles. The molecule has 1 aromatic carbocycles. The number of oxime groups is 1. The summed E-state index contributed by atoms with van der Waals surface area (Å²) in [6.45, 7) is 2.95. The number of rotatable bonds is 3. The Morgan fingerprint density at radius 2 is 1.82 bits per heavy atom. The molecule has 0 unspecified atom stereocenters. The molecule has 1 aromatic rings. The molecule has 5 nitrogen and oxygen atoms in total. The Bertz CT molecular complexity index is 465. The lowest BCUT2D eigenvalue weighted by molar-refractivity contribution is -0.140. The molecular weight excluding hydrogens is 222 g/mol. The summed E-state index contributed by atoms with van der Waals surface area (Å²) in [7, 11) is 1.31. The first-order valence-corrected chi connectivity index (χ1v) is 4.95. The largest absolute Gasteiger partial charge is 0.465 e. The van der Waals surface area contributed by atoms with Crippen LogP contribution in [0.4, 0.5) is 0 Å². The molecule has 0 heterocycles. The molecule has 0 aromatic heterocycles. The van der Waals surface area contributed by atoms with E-state index in [0.29, 0.717) is 16.8 Å². The van der Waals surface area contributed by atoms with Gasteiger partial charge in [0.05, 0.1) is 18.4 Å². The molecule has 0 atom stereocenters. The average molecular weight is 235 g/mol. The number of carbonyl (C=O) groups excluding carboxylic acids is 2. The maximum Gasteiger partial charge on any atom is 0.337 e. The van der Waals surface area contributed by atoms with Gasteiger partial charge in [-0.05, 0) is 24.6 Å². The molecule has 0 fully saturated rings. The van der Waals surface area contributed by atoms with Crippen molar-refractivity contribution >= 4 is 17.7 Å². The summed E-state index contributed by atoms with van der Waals surface area (Å²) in [5.41, 5.74) is 1.61. The number of esters is 1. The number of ether oxygens (including phenoxy) is 1. The Balaban J connectivity index is 2.95. The van der Waals surface area contributed by atoms with Crippen LogP contribution in [0.1, 0.15) is 29.8 Å². The van der Waals surface area contributed by atoms with Crippen LogP contribution in [-0.2, 0) is 14.4 Å². The minimum atomic E-state index is -0.492. The number of methoxy groups -OCH3 is 1. The summed E-state index contributed by atoms with van der Waals surface area (Å²) in [5.74, 6) is -0.916. The van der Waals surface area contributed by atoms with Crippen molar-refractivity contribution < 1.29 is 19.2 Å². The molecule has 1 rings (SSSR count). The van der Waals surface area contributed by atoms with Gasteiger partial charge in [-0.15, -0.1) is 0 Å². The standard InChI is InChI=1S/C12H13NO4/c1-8(13-17-9(2)14)10-5-4-6-11(7-10)12(15)16-3/h4-7H,1-3H3/b13-8+. The van der Waals surface area contributed by atoms with Crippen LogP contribution >= 0.6 is 0 Å². The predicted molar refractivity (Wildman–Crippen MR) is 61.8 cm³/mol. The highest BCUT2D eigenvalue weighted by molar-refractivity contribution is 6.01. The molecule has 0 aliphatic rings. The van der Waals surface area contributed by atoms with Crippen molar-refractivity contribution in [2.75, 3.05) is 7.11 Å². The lowest BCUT2D eigenvalue weighted by Gasteiger charge is -2.03. The van der Waals surface area contributed by atoms with E-state index in [-0.39, 0.29) is 0 Å². The van der Waals surface area contributed by atoms with Gasteiger partial charge in [-0.1, -0.05) is 17.3 Å². The van der Waals surface area contributed by atoms with E-state index in [2.05, 4.69) is 14.7 Å². The van der Waals surface area contributed by atoms with Crippen molar-refractivity contribution in [1.82, 2.24) is 0 Å². The van der Waals surface area contributed by atoms with E-state index in [0.717, 1.165) is 0 Å². The predicted octanol–water partition coefficient (Wildman–Crippen LogP) is 1.76. The fourth-order valence-electron chi connectivity index (χ4n) is 1.17. The van der Waals surface area contributed by atoms with Gasteiger partial charge in [-0.3, -0.25) is 0 Å². The van der Waals surface area contributed by atoms with E-state index in [9.17, 15) is 9.59 Å². The number of benzene rings is 1. The van der Waals surface area contributed by atoms with Crippen LogP contribution in [0.5, 0.6) is 0 Å². The van der Waals surface area contributed by atoms with Crippen molar-refractivity contribution in [3.05, 3.63) is 35.4 Å². The minimum absolute atomic E-state index is 0.419. The molecule has 90 valence electrons. The normalized spacial score (nSPS) is 10.9. The van der Waals surface area contributed by atoms with E-state index < -0.39 is 11.9 Å². The molecular formula is C12H13NO4. The number of hydrogen-bond donors (Lipinski definition) is 0. The van der Waals surface area contributed by atoms with E-state index in [1.54, 1.807) is 31.2 Å². The van der Waals surface area contributed by atoms with Crippen molar-refractivity contribution in [3.8, 4) is 0 Å². The molecule has 17 heavy (non-hydrogen) atoms. The fourth-order valence-corrected chi connectivity index (χ4v) is 1.17. The third kappa shape index (κ3) is 3.71. The first-order chi connectivity index (χ1) is 8.04. The smallest absolute Gasteiger partial charge is 0.337 e. The lowest BCUT2D eigenvalue weighted by atomic mass is 10.1. The van der Waals surface area contributed by atoms with Gasteiger partial charge < -0.3 is 9.57 Å². The monoisotopic (exact) mass is 235 g/mol. The Morgan fingerprint density at radius 3 is 2.41 bits per heavy atom. The third-order valence-electron chi connectivity index (χ3n) is 2.01. The van der Waals surface area contributed by atoms with Crippen LogP contribution in [0, 0.1) is 0 Å². The quantitative estimate of drug-likeness (QED) is 0.346. The van der Waals surface area contributed by atoms with Crippen LogP contribution in [0.25, 0.3) is 0 Å². The van der Waals surface area contributed by atoms with Crippen LogP contribution in [0.2, 0.25) is 0 Å². The molecule has 0 bridgehead atoms. The molecule has 0 saturated heterocycles. The lowest BCUT2D eigenvalue weighted by Crippen LogP contribution is -2.04. The SMILES string of the molecule is COC(=O)c1cccc(/C(C)=N/OC(C)=O)c1.